The van der Waals surface area contributed by atoms with E-state index in [0.29, 0.717) is 0 Å². The van der Waals surface area contributed by atoms with Gasteiger partial charge in [-0.15, -0.1) is 18.4 Å². The van der Waals surface area contributed by atoms with Crippen LogP contribution in [0.5, 0.6) is 0 Å². The third kappa shape index (κ3) is 4.57. The van der Waals surface area contributed by atoms with Crippen LogP contribution in [0.3, 0.4) is 0 Å². The van der Waals surface area contributed by atoms with Crippen LogP contribution >= 0.6 is 0 Å². The molecule has 2 aliphatic carbocycles. The molecule has 0 N–H and O–H groups in total. The summed E-state index contributed by atoms with van der Waals surface area (Å²) in [6.07, 6.45) is 14.4. The first-order valence-electron chi connectivity index (χ1n) is 8.00. The fourth-order valence-electron chi connectivity index (χ4n) is 2.85. The smallest absolute Gasteiger partial charge is 1.00 e. The molecule has 0 heterocycles. The van der Waals surface area contributed by atoms with E-state index in [-0.39, 0.29) is 24.6 Å². The van der Waals surface area contributed by atoms with Crippen molar-refractivity contribution in [1.29, 1.82) is 0 Å². The van der Waals surface area contributed by atoms with Crippen molar-refractivity contribution in [2.45, 2.75) is 19.8 Å². The molecule has 2 aliphatic rings. The van der Waals surface area contributed by atoms with Crippen LogP contribution in [0.25, 0.3) is 11.1 Å². The zero-order chi connectivity index (χ0) is 15.9. The maximum absolute atomic E-state index is 3.46. The molecule has 0 amide bonds. The third-order valence-electron chi connectivity index (χ3n) is 3.98. The van der Waals surface area contributed by atoms with Crippen molar-refractivity contribution >= 4 is 11.1 Å². The first-order valence-corrected chi connectivity index (χ1v) is 8.00. The Labute approximate surface area is 163 Å². The Morgan fingerprint density at radius 2 is 1.50 bits per heavy atom. The van der Waals surface area contributed by atoms with E-state index < -0.39 is 0 Å². The molecule has 1 heteroatoms. The van der Waals surface area contributed by atoms with Gasteiger partial charge in [0.25, 0.3) is 0 Å². The molecule has 4 rings (SSSR count). The summed E-state index contributed by atoms with van der Waals surface area (Å²) in [5.74, 6) is 0. The Balaban J connectivity index is 0.000000685. The summed E-state index contributed by atoms with van der Waals surface area (Å²) in [6, 6.07) is 21.2. The average molecular weight is 346 g/mol. The van der Waals surface area contributed by atoms with Gasteiger partial charge in [-0.25, -0.2) is 17.7 Å². The molecule has 0 saturated carbocycles. The molecule has 0 fully saturated rings. The molecular weight excluding hydrogens is 324 g/mol. The number of benzene rings is 2. The largest absolute Gasteiger partial charge is 2.00 e. The van der Waals surface area contributed by atoms with Crippen molar-refractivity contribution in [2.75, 3.05) is 0 Å². The molecule has 0 bridgehead atoms. The van der Waals surface area contributed by atoms with Gasteiger partial charge in [-0.2, -0.15) is 11.6 Å². The van der Waals surface area contributed by atoms with E-state index in [1.807, 2.05) is 12.2 Å². The molecule has 0 aromatic heterocycles. The van der Waals surface area contributed by atoms with Gasteiger partial charge in [-0.1, -0.05) is 73.2 Å². The monoisotopic (exact) mass is 346 g/mol. The Hall–Kier alpha value is -1.89. The summed E-state index contributed by atoms with van der Waals surface area (Å²) in [4.78, 5) is 0. The first-order chi connectivity index (χ1) is 11.4. The number of hydrogen-bond donors (Lipinski definition) is 0. The van der Waals surface area contributed by atoms with E-state index in [2.05, 4.69) is 85.8 Å². The van der Waals surface area contributed by atoms with Crippen LogP contribution < -0.4 is 0 Å². The van der Waals surface area contributed by atoms with Crippen molar-refractivity contribution < 1.29 is 24.6 Å². The molecular formula is C23H22Ti-2. The van der Waals surface area contributed by atoms with Gasteiger partial charge in [0.05, 0.1) is 0 Å². The van der Waals surface area contributed by atoms with Crippen molar-refractivity contribution in [3.05, 3.63) is 108 Å². The van der Waals surface area contributed by atoms with Gasteiger partial charge in [0, 0.05) is 0 Å². The molecule has 2 aromatic carbocycles. The van der Waals surface area contributed by atoms with Gasteiger partial charge in [0.1, 0.15) is 0 Å². The molecule has 0 saturated heterocycles. The summed E-state index contributed by atoms with van der Waals surface area (Å²) in [5, 5.41) is 0. The summed E-state index contributed by atoms with van der Waals surface area (Å²) < 4.78 is 0. The molecule has 2 aromatic rings. The van der Waals surface area contributed by atoms with Crippen molar-refractivity contribution in [2.24, 2.45) is 0 Å². The van der Waals surface area contributed by atoms with E-state index >= 15 is 0 Å². The molecule has 0 aliphatic heterocycles. The molecule has 0 atom stereocenters. The summed E-state index contributed by atoms with van der Waals surface area (Å²) in [5.41, 5.74) is 6.60. The third-order valence-corrected chi connectivity index (χ3v) is 3.98. The second-order valence-electron chi connectivity index (χ2n) is 5.57. The van der Waals surface area contributed by atoms with Gasteiger partial charge in [0.15, 0.2) is 0 Å². The Bertz CT molecular complexity index is 762. The minimum Gasteiger partial charge on any atom is -1.00 e. The Kier molecular flexibility index (Phi) is 7.24. The topological polar surface area (TPSA) is 0 Å². The minimum atomic E-state index is 0. The van der Waals surface area contributed by atoms with Crippen LogP contribution in [0.15, 0.2) is 84.5 Å². The summed E-state index contributed by atoms with van der Waals surface area (Å²) in [7, 11) is 0. The average Bonchev–Trinajstić information content (AvgIpc) is 3.29. The number of hydrogen-bond acceptors (Lipinski definition) is 0. The van der Waals surface area contributed by atoms with E-state index in [1.54, 1.807) is 0 Å². The molecule has 0 radical (unpaired) electrons. The van der Waals surface area contributed by atoms with E-state index in [1.165, 1.54) is 27.8 Å². The maximum Gasteiger partial charge on any atom is 2.00 e. The first kappa shape index (κ1) is 18.5. The van der Waals surface area contributed by atoms with E-state index in [9.17, 15) is 0 Å². The quantitative estimate of drug-likeness (QED) is 0.443. The Morgan fingerprint density at radius 1 is 0.875 bits per heavy atom. The predicted octanol–water partition coefficient (Wildman–Crippen LogP) is 6.28. The molecule has 24 heavy (non-hydrogen) atoms. The number of allylic oxidation sites excluding steroid dienone is 8. The molecule has 0 nitrogen and oxygen atoms in total. The molecule has 0 spiro atoms. The minimum absolute atomic E-state index is 0. The zero-order valence-corrected chi connectivity index (χ0v) is 15.5. The Morgan fingerprint density at radius 3 is 2.00 bits per heavy atom. The zero-order valence-electron chi connectivity index (χ0n) is 15.9. The SMILES string of the molecule is CC1=[C-]CC(c2ccccc2)=C1c1ccccc1.[C-]1=CC=CC1.[H-].[H-].[Ti+2]. The molecule has 0 unspecified atom stereocenters. The van der Waals surface area contributed by atoms with Gasteiger partial charge in [-0.3, -0.25) is 12.2 Å². The van der Waals surface area contributed by atoms with Crippen LogP contribution in [0.4, 0.5) is 0 Å². The van der Waals surface area contributed by atoms with Gasteiger partial charge >= 0.3 is 21.7 Å². The van der Waals surface area contributed by atoms with Crippen LogP contribution in [-0.4, -0.2) is 0 Å². The predicted molar refractivity (Wildman–Crippen MR) is 101 cm³/mol. The van der Waals surface area contributed by atoms with Crippen molar-refractivity contribution in [3.8, 4) is 0 Å². The van der Waals surface area contributed by atoms with Crippen LogP contribution in [0.2, 0.25) is 0 Å². The molecule has 120 valence electrons. The van der Waals surface area contributed by atoms with E-state index in [4.69, 9.17) is 0 Å². The van der Waals surface area contributed by atoms with E-state index in [0.717, 1.165) is 12.8 Å². The summed E-state index contributed by atoms with van der Waals surface area (Å²) >= 11 is 0. The normalized spacial score (nSPS) is 14.8. The second kappa shape index (κ2) is 9.42. The fourth-order valence-corrected chi connectivity index (χ4v) is 2.85. The number of rotatable bonds is 2. The van der Waals surface area contributed by atoms with Crippen LogP contribution in [-0.2, 0) is 21.7 Å². The van der Waals surface area contributed by atoms with Gasteiger partial charge < -0.3 is 2.85 Å². The second-order valence-corrected chi connectivity index (χ2v) is 5.57. The van der Waals surface area contributed by atoms with Crippen molar-refractivity contribution in [3.63, 3.8) is 0 Å². The van der Waals surface area contributed by atoms with Crippen LogP contribution in [0, 0.1) is 12.2 Å². The summed E-state index contributed by atoms with van der Waals surface area (Å²) in [6.45, 7) is 2.15. The van der Waals surface area contributed by atoms with Gasteiger partial charge in [0.2, 0.25) is 0 Å². The van der Waals surface area contributed by atoms with Crippen LogP contribution in [0.1, 0.15) is 33.7 Å². The fraction of sp³-hybridized carbons (Fsp3) is 0.130. The standard InChI is InChI=1S/C18H15.C5H5.Ti.2H/c1-14-12-13-17(15-8-4-2-5-9-15)18(14)16-10-6-3-7-11-16;1-2-4-5-3-1;;;/h2-11H,13H2,1H3;1-3H,4H2;;;/q2*-1;+2;2*-1. The maximum atomic E-state index is 3.46. The van der Waals surface area contributed by atoms with Gasteiger partial charge in [-0.05, 0) is 5.56 Å². The van der Waals surface area contributed by atoms with Crippen molar-refractivity contribution in [1.82, 2.24) is 0 Å².